The van der Waals surface area contributed by atoms with Crippen LogP contribution in [0, 0.1) is 0 Å². The second-order valence-electron chi connectivity index (χ2n) is 7.58. The van der Waals surface area contributed by atoms with Crippen molar-refractivity contribution in [2.75, 3.05) is 32.0 Å². The summed E-state index contributed by atoms with van der Waals surface area (Å²) in [7, 11) is 1.78. The molecule has 2 heterocycles. The highest BCUT2D eigenvalue weighted by molar-refractivity contribution is 6.02. The Kier molecular flexibility index (Phi) is 8.32. The minimum atomic E-state index is -0.259. The standard InChI is InChI=1S/C23H33N5O2/c1-3-20-10-4-5-13-28(20)14-12-25-23(24-2)26-17-18-8-6-9-19(16-18)27-22(29)21-11-7-15-30-21/h6-9,11,15-16,20H,3-5,10,12-14,17H2,1-2H3,(H,27,29)(H2,24,25,26). The van der Waals surface area contributed by atoms with E-state index < -0.39 is 0 Å². The summed E-state index contributed by atoms with van der Waals surface area (Å²) in [5.74, 6) is 0.818. The summed E-state index contributed by atoms with van der Waals surface area (Å²) >= 11 is 0. The van der Waals surface area contributed by atoms with Crippen LogP contribution >= 0.6 is 0 Å². The number of rotatable bonds is 8. The summed E-state index contributed by atoms with van der Waals surface area (Å²) in [6, 6.07) is 11.8. The number of hydrogen-bond donors (Lipinski definition) is 3. The second-order valence-corrected chi connectivity index (χ2v) is 7.58. The molecule has 1 aromatic carbocycles. The molecule has 2 aromatic rings. The number of amides is 1. The number of carbonyl (C=O) groups is 1. The SMILES string of the molecule is CCC1CCCCN1CCNC(=NC)NCc1cccc(NC(=O)c2ccco2)c1. The van der Waals surface area contributed by atoms with E-state index >= 15 is 0 Å². The second kappa shape index (κ2) is 11.4. The van der Waals surface area contributed by atoms with Crippen molar-refractivity contribution in [2.24, 2.45) is 4.99 Å². The number of nitrogens with zero attached hydrogens (tertiary/aromatic N) is 2. The average molecular weight is 412 g/mol. The summed E-state index contributed by atoms with van der Waals surface area (Å²) in [6.07, 6.45) is 6.68. The first-order valence-corrected chi connectivity index (χ1v) is 10.8. The molecule has 1 saturated heterocycles. The molecule has 1 amide bonds. The lowest BCUT2D eigenvalue weighted by molar-refractivity contribution is 0.0996. The van der Waals surface area contributed by atoms with Crippen LogP contribution in [-0.2, 0) is 6.54 Å². The molecule has 1 atom stereocenters. The Morgan fingerprint density at radius 3 is 2.90 bits per heavy atom. The zero-order chi connectivity index (χ0) is 21.2. The number of aliphatic imine (C=N–C) groups is 1. The highest BCUT2D eigenvalue weighted by Gasteiger charge is 2.19. The fourth-order valence-electron chi connectivity index (χ4n) is 3.90. The van der Waals surface area contributed by atoms with E-state index in [0.717, 1.165) is 36.3 Å². The molecule has 1 fully saturated rings. The fourth-order valence-corrected chi connectivity index (χ4v) is 3.90. The van der Waals surface area contributed by atoms with Gasteiger partial charge >= 0.3 is 0 Å². The van der Waals surface area contributed by atoms with E-state index in [1.54, 1.807) is 19.2 Å². The number of likely N-dealkylation sites (tertiary alicyclic amines) is 1. The normalized spacial score (nSPS) is 17.5. The van der Waals surface area contributed by atoms with Crippen LogP contribution in [0.1, 0.15) is 48.7 Å². The summed E-state index contributed by atoms with van der Waals surface area (Å²) in [5.41, 5.74) is 1.78. The van der Waals surface area contributed by atoms with Crippen LogP contribution in [0.2, 0.25) is 0 Å². The first-order chi connectivity index (χ1) is 14.7. The maximum absolute atomic E-state index is 12.1. The topological polar surface area (TPSA) is 81.9 Å². The zero-order valence-corrected chi connectivity index (χ0v) is 18.0. The van der Waals surface area contributed by atoms with E-state index in [0.29, 0.717) is 12.3 Å². The van der Waals surface area contributed by atoms with Gasteiger partial charge in [-0.2, -0.15) is 0 Å². The van der Waals surface area contributed by atoms with Gasteiger partial charge in [0.2, 0.25) is 0 Å². The van der Waals surface area contributed by atoms with E-state index in [9.17, 15) is 4.79 Å². The molecule has 1 aliphatic heterocycles. The molecular weight excluding hydrogens is 378 g/mol. The lowest BCUT2D eigenvalue weighted by Gasteiger charge is -2.35. The lowest BCUT2D eigenvalue weighted by atomic mass is 10.0. The van der Waals surface area contributed by atoms with Gasteiger partial charge in [0, 0.05) is 38.4 Å². The van der Waals surface area contributed by atoms with Gasteiger partial charge in [0.05, 0.1) is 6.26 Å². The molecule has 0 radical (unpaired) electrons. The monoisotopic (exact) mass is 411 g/mol. The maximum atomic E-state index is 12.1. The molecule has 1 aliphatic rings. The number of guanidine groups is 1. The van der Waals surface area contributed by atoms with E-state index in [-0.39, 0.29) is 5.91 Å². The number of carbonyl (C=O) groups excluding carboxylic acids is 1. The van der Waals surface area contributed by atoms with Crippen LogP contribution in [0.15, 0.2) is 52.1 Å². The highest BCUT2D eigenvalue weighted by Crippen LogP contribution is 2.18. The first kappa shape index (κ1) is 21.9. The van der Waals surface area contributed by atoms with Gasteiger partial charge in [0.25, 0.3) is 5.91 Å². The Hall–Kier alpha value is -2.80. The van der Waals surface area contributed by atoms with Gasteiger partial charge in [-0.3, -0.25) is 14.7 Å². The molecule has 7 nitrogen and oxygen atoms in total. The number of hydrogen-bond acceptors (Lipinski definition) is 4. The largest absolute Gasteiger partial charge is 0.459 e. The summed E-state index contributed by atoms with van der Waals surface area (Å²) in [6.45, 7) is 6.00. The highest BCUT2D eigenvalue weighted by atomic mass is 16.3. The van der Waals surface area contributed by atoms with Crippen molar-refractivity contribution in [2.45, 2.75) is 45.2 Å². The van der Waals surface area contributed by atoms with Crippen LogP contribution in [0.5, 0.6) is 0 Å². The molecule has 0 bridgehead atoms. The maximum Gasteiger partial charge on any atom is 0.291 e. The third-order valence-corrected chi connectivity index (χ3v) is 5.53. The predicted molar refractivity (Wildman–Crippen MR) is 121 cm³/mol. The molecule has 162 valence electrons. The van der Waals surface area contributed by atoms with Crippen molar-refractivity contribution >= 4 is 17.6 Å². The molecule has 0 spiro atoms. The minimum Gasteiger partial charge on any atom is -0.459 e. The number of anilines is 1. The average Bonchev–Trinajstić information content (AvgIpc) is 3.32. The smallest absolute Gasteiger partial charge is 0.291 e. The van der Waals surface area contributed by atoms with E-state index in [1.807, 2.05) is 24.3 Å². The van der Waals surface area contributed by atoms with Gasteiger partial charge in [-0.15, -0.1) is 0 Å². The van der Waals surface area contributed by atoms with Crippen molar-refractivity contribution in [3.63, 3.8) is 0 Å². The number of piperidine rings is 1. The molecule has 1 unspecified atom stereocenters. The van der Waals surface area contributed by atoms with Crippen molar-refractivity contribution in [3.8, 4) is 0 Å². The van der Waals surface area contributed by atoms with Crippen molar-refractivity contribution < 1.29 is 9.21 Å². The molecule has 1 aromatic heterocycles. The van der Waals surface area contributed by atoms with Gasteiger partial charge < -0.3 is 20.4 Å². The third-order valence-electron chi connectivity index (χ3n) is 5.53. The molecule has 0 saturated carbocycles. The minimum absolute atomic E-state index is 0.259. The van der Waals surface area contributed by atoms with E-state index in [1.165, 1.54) is 38.5 Å². The van der Waals surface area contributed by atoms with Crippen LogP contribution < -0.4 is 16.0 Å². The van der Waals surface area contributed by atoms with Crippen molar-refractivity contribution in [1.29, 1.82) is 0 Å². The van der Waals surface area contributed by atoms with Gasteiger partial charge in [0.1, 0.15) is 0 Å². The Balaban J connectivity index is 1.45. The van der Waals surface area contributed by atoms with Gasteiger partial charge in [-0.1, -0.05) is 25.5 Å². The molecule has 3 N–H and O–H groups in total. The number of nitrogens with one attached hydrogen (secondary N) is 3. The molecule has 3 rings (SSSR count). The van der Waals surface area contributed by atoms with Gasteiger partial charge in [-0.25, -0.2) is 0 Å². The first-order valence-electron chi connectivity index (χ1n) is 10.8. The quantitative estimate of drug-likeness (QED) is 0.458. The Morgan fingerprint density at radius 1 is 1.23 bits per heavy atom. The summed E-state index contributed by atoms with van der Waals surface area (Å²) < 4.78 is 5.13. The lowest BCUT2D eigenvalue weighted by Crippen LogP contribution is -2.45. The Morgan fingerprint density at radius 2 is 2.13 bits per heavy atom. The fraction of sp³-hybridized carbons (Fsp3) is 0.478. The van der Waals surface area contributed by atoms with Crippen LogP contribution in [0.4, 0.5) is 5.69 Å². The van der Waals surface area contributed by atoms with Crippen molar-refractivity contribution in [3.05, 3.63) is 54.0 Å². The zero-order valence-electron chi connectivity index (χ0n) is 18.0. The Bertz CT molecular complexity index is 819. The van der Waals surface area contributed by atoms with E-state index in [2.05, 4.69) is 32.8 Å². The molecule has 0 aliphatic carbocycles. The third kappa shape index (κ3) is 6.35. The predicted octanol–water partition coefficient (Wildman–Crippen LogP) is 3.46. The number of furan rings is 1. The molecule has 30 heavy (non-hydrogen) atoms. The summed E-state index contributed by atoms with van der Waals surface area (Å²) in [5, 5.41) is 9.61. The Labute approximate surface area is 178 Å². The van der Waals surface area contributed by atoms with Crippen LogP contribution in [-0.4, -0.2) is 49.5 Å². The van der Waals surface area contributed by atoms with Crippen LogP contribution in [0.3, 0.4) is 0 Å². The molecular formula is C23H33N5O2. The molecule has 7 heteroatoms. The van der Waals surface area contributed by atoms with Gasteiger partial charge in [-0.05, 0) is 55.6 Å². The van der Waals surface area contributed by atoms with Crippen molar-refractivity contribution in [1.82, 2.24) is 15.5 Å². The van der Waals surface area contributed by atoms with Gasteiger partial charge in [0.15, 0.2) is 11.7 Å². The number of benzene rings is 1. The van der Waals surface area contributed by atoms with E-state index in [4.69, 9.17) is 4.42 Å². The van der Waals surface area contributed by atoms with Crippen LogP contribution in [0.25, 0.3) is 0 Å². The summed E-state index contributed by atoms with van der Waals surface area (Å²) in [4.78, 5) is 19.1.